The average Bonchev–Trinajstić information content (AvgIpc) is 2.69. The number of anilines is 2. The molecule has 3 N–H and O–H groups in total. The number of hydrogen-bond donors (Lipinski definition) is 3. The number of aromatic nitrogens is 1. The molecule has 154 valence electrons. The Balaban J connectivity index is 0.00000196. The third-order valence-corrected chi connectivity index (χ3v) is 4.43. The molecule has 0 spiro atoms. The molecule has 1 saturated heterocycles. The van der Waals surface area contributed by atoms with Crippen molar-refractivity contribution in [3.8, 4) is 5.75 Å². The van der Waals surface area contributed by atoms with Crippen LogP contribution < -0.4 is 20.7 Å². The number of amides is 1. The molecule has 1 aromatic heterocycles. The van der Waals surface area contributed by atoms with E-state index in [1.165, 1.54) is 0 Å². The summed E-state index contributed by atoms with van der Waals surface area (Å²) in [5.74, 6) is 1.76. The molecule has 1 aliphatic heterocycles. The van der Waals surface area contributed by atoms with Gasteiger partial charge in [0.1, 0.15) is 11.6 Å². The molecule has 3 rings (SSSR count). The van der Waals surface area contributed by atoms with Gasteiger partial charge in [-0.25, -0.2) is 4.98 Å². The highest BCUT2D eigenvalue weighted by Gasteiger charge is 2.16. The molecule has 0 saturated carbocycles. The fourth-order valence-electron chi connectivity index (χ4n) is 3.06. The Morgan fingerprint density at radius 2 is 2.04 bits per heavy atom. The van der Waals surface area contributed by atoms with Gasteiger partial charge in [0.15, 0.2) is 0 Å². The van der Waals surface area contributed by atoms with E-state index in [2.05, 4.69) is 20.9 Å². The number of carbonyl (C=O) groups is 1. The zero-order chi connectivity index (χ0) is 18.2. The van der Waals surface area contributed by atoms with Gasteiger partial charge < -0.3 is 20.7 Å². The quantitative estimate of drug-likeness (QED) is 0.627. The van der Waals surface area contributed by atoms with E-state index in [1.807, 2.05) is 31.2 Å². The number of hydrogen-bond acceptors (Lipinski definition) is 5. The zero-order valence-corrected chi connectivity index (χ0v) is 17.6. The maximum Gasteiger partial charge on any atom is 0.255 e. The highest BCUT2D eigenvalue weighted by atomic mass is 35.5. The van der Waals surface area contributed by atoms with Crippen LogP contribution in [0.3, 0.4) is 0 Å². The summed E-state index contributed by atoms with van der Waals surface area (Å²) >= 11 is 0. The summed E-state index contributed by atoms with van der Waals surface area (Å²) in [6.45, 7) is 5.30. The van der Waals surface area contributed by atoms with Gasteiger partial charge in [-0.05, 0) is 75.2 Å². The fraction of sp³-hybridized carbons (Fsp3) is 0.400. The van der Waals surface area contributed by atoms with Gasteiger partial charge in [-0.2, -0.15) is 0 Å². The number of nitrogens with zero attached hydrogens (tertiary/aromatic N) is 1. The van der Waals surface area contributed by atoms with Crippen molar-refractivity contribution in [1.29, 1.82) is 0 Å². The highest BCUT2D eigenvalue weighted by molar-refractivity contribution is 5.99. The molecule has 6 nitrogen and oxygen atoms in total. The molecule has 1 aromatic carbocycles. The van der Waals surface area contributed by atoms with Crippen molar-refractivity contribution in [2.24, 2.45) is 5.92 Å². The number of halogens is 2. The molecule has 1 unspecified atom stereocenters. The lowest BCUT2D eigenvalue weighted by molar-refractivity contribution is 0.0945. The average molecular weight is 427 g/mol. The van der Waals surface area contributed by atoms with Crippen LogP contribution >= 0.6 is 24.8 Å². The minimum atomic E-state index is -0.0999. The summed E-state index contributed by atoms with van der Waals surface area (Å²) in [5, 5.41) is 9.63. The van der Waals surface area contributed by atoms with E-state index >= 15 is 0 Å². The smallest absolute Gasteiger partial charge is 0.255 e. The van der Waals surface area contributed by atoms with Crippen molar-refractivity contribution in [1.82, 2.24) is 15.6 Å². The molecule has 0 radical (unpaired) electrons. The van der Waals surface area contributed by atoms with E-state index in [0.29, 0.717) is 30.5 Å². The van der Waals surface area contributed by atoms with Crippen molar-refractivity contribution in [3.63, 3.8) is 0 Å². The van der Waals surface area contributed by atoms with Crippen LogP contribution in [0, 0.1) is 5.92 Å². The minimum absolute atomic E-state index is 0. The summed E-state index contributed by atoms with van der Waals surface area (Å²) in [7, 11) is 0. The van der Waals surface area contributed by atoms with Crippen molar-refractivity contribution < 1.29 is 9.53 Å². The molecule has 1 aliphatic rings. The first-order valence-corrected chi connectivity index (χ1v) is 9.20. The number of piperidine rings is 1. The SMILES string of the molecule is CCOc1ccc(Nc2ncccc2C(=O)NCC2CCCNC2)cc1.Cl.Cl. The van der Waals surface area contributed by atoms with Crippen LogP contribution in [-0.4, -0.2) is 37.1 Å². The number of nitrogens with one attached hydrogen (secondary N) is 3. The van der Waals surface area contributed by atoms with Gasteiger partial charge in [-0.1, -0.05) is 0 Å². The Labute approximate surface area is 178 Å². The van der Waals surface area contributed by atoms with E-state index in [9.17, 15) is 4.79 Å². The molecule has 2 heterocycles. The lowest BCUT2D eigenvalue weighted by Crippen LogP contribution is -2.38. The molecule has 28 heavy (non-hydrogen) atoms. The van der Waals surface area contributed by atoms with Crippen LogP contribution in [-0.2, 0) is 0 Å². The molecule has 2 aromatic rings. The second-order valence-electron chi connectivity index (χ2n) is 6.40. The molecule has 0 aliphatic carbocycles. The van der Waals surface area contributed by atoms with E-state index in [-0.39, 0.29) is 30.7 Å². The van der Waals surface area contributed by atoms with Gasteiger partial charge >= 0.3 is 0 Å². The predicted octanol–water partition coefficient (Wildman–Crippen LogP) is 3.80. The van der Waals surface area contributed by atoms with E-state index < -0.39 is 0 Å². The van der Waals surface area contributed by atoms with Crippen molar-refractivity contribution in [2.75, 3.05) is 31.6 Å². The second kappa shape index (κ2) is 12.4. The van der Waals surface area contributed by atoms with Crippen LogP contribution in [0.1, 0.15) is 30.1 Å². The van der Waals surface area contributed by atoms with Gasteiger partial charge in [0, 0.05) is 18.4 Å². The van der Waals surface area contributed by atoms with Crippen LogP contribution in [0.4, 0.5) is 11.5 Å². The summed E-state index contributed by atoms with van der Waals surface area (Å²) in [4.78, 5) is 16.9. The highest BCUT2D eigenvalue weighted by Crippen LogP contribution is 2.21. The van der Waals surface area contributed by atoms with Crippen LogP contribution in [0.5, 0.6) is 5.75 Å². The van der Waals surface area contributed by atoms with E-state index in [0.717, 1.165) is 37.4 Å². The second-order valence-corrected chi connectivity index (χ2v) is 6.40. The molecule has 1 amide bonds. The van der Waals surface area contributed by atoms with Crippen molar-refractivity contribution in [3.05, 3.63) is 48.2 Å². The standard InChI is InChI=1S/C20H26N4O2.2ClH/c1-2-26-17-9-7-16(8-10-17)24-19-18(6-4-12-22-19)20(25)23-14-15-5-3-11-21-13-15;;/h4,6-10,12,15,21H,2-3,5,11,13-14H2,1H3,(H,22,24)(H,23,25);2*1H. The summed E-state index contributed by atoms with van der Waals surface area (Å²) in [5.41, 5.74) is 1.41. The van der Waals surface area contributed by atoms with Crippen molar-refractivity contribution in [2.45, 2.75) is 19.8 Å². The largest absolute Gasteiger partial charge is 0.494 e. The maximum atomic E-state index is 12.6. The maximum absolute atomic E-state index is 12.6. The Morgan fingerprint density at radius 1 is 1.25 bits per heavy atom. The third-order valence-electron chi connectivity index (χ3n) is 4.43. The molecule has 8 heteroatoms. The van der Waals surface area contributed by atoms with Crippen LogP contribution in [0.2, 0.25) is 0 Å². The van der Waals surface area contributed by atoms with Crippen LogP contribution in [0.15, 0.2) is 42.6 Å². The summed E-state index contributed by atoms with van der Waals surface area (Å²) in [6.07, 6.45) is 3.99. The monoisotopic (exact) mass is 426 g/mol. The van der Waals surface area contributed by atoms with Gasteiger partial charge in [-0.3, -0.25) is 4.79 Å². The Morgan fingerprint density at radius 3 is 2.71 bits per heavy atom. The van der Waals surface area contributed by atoms with Crippen LogP contribution in [0.25, 0.3) is 0 Å². The molecule has 0 bridgehead atoms. The van der Waals surface area contributed by atoms with Gasteiger partial charge in [0.25, 0.3) is 5.91 Å². The molecule has 1 atom stereocenters. The summed E-state index contributed by atoms with van der Waals surface area (Å²) < 4.78 is 5.45. The summed E-state index contributed by atoms with van der Waals surface area (Å²) in [6, 6.07) is 11.2. The molecular formula is C20H28Cl2N4O2. The van der Waals surface area contributed by atoms with Crippen molar-refractivity contribution >= 4 is 42.2 Å². The minimum Gasteiger partial charge on any atom is -0.494 e. The number of carbonyl (C=O) groups excluding carboxylic acids is 1. The third kappa shape index (κ3) is 6.86. The number of pyridine rings is 1. The molecular weight excluding hydrogens is 399 g/mol. The zero-order valence-electron chi connectivity index (χ0n) is 15.9. The predicted molar refractivity (Wildman–Crippen MR) is 118 cm³/mol. The van der Waals surface area contributed by atoms with Gasteiger partial charge in [0.05, 0.1) is 12.2 Å². The number of benzene rings is 1. The first-order valence-electron chi connectivity index (χ1n) is 9.20. The first kappa shape index (κ1) is 24.0. The topological polar surface area (TPSA) is 75.3 Å². The number of ether oxygens (including phenoxy) is 1. The first-order chi connectivity index (χ1) is 12.8. The normalized spacial score (nSPS) is 15.5. The lowest BCUT2D eigenvalue weighted by Gasteiger charge is -2.23. The fourth-order valence-corrected chi connectivity index (χ4v) is 3.06. The Bertz CT molecular complexity index is 722. The lowest BCUT2D eigenvalue weighted by atomic mass is 10.00. The van der Waals surface area contributed by atoms with Gasteiger partial charge in [-0.15, -0.1) is 24.8 Å². The van der Waals surface area contributed by atoms with E-state index in [4.69, 9.17) is 4.74 Å². The Kier molecular flexibility index (Phi) is 10.7. The van der Waals surface area contributed by atoms with E-state index in [1.54, 1.807) is 18.3 Å². The Hall–Kier alpha value is -2.02. The van der Waals surface area contributed by atoms with Gasteiger partial charge in [0.2, 0.25) is 0 Å². The molecule has 1 fully saturated rings. The number of rotatable bonds is 7.